The first-order chi connectivity index (χ1) is 11.0. The Labute approximate surface area is 138 Å². The van der Waals surface area contributed by atoms with E-state index in [1.807, 2.05) is 38.2 Å². The molecule has 2 amide bonds. The van der Waals surface area contributed by atoms with Gasteiger partial charge in [0.15, 0.2) is 0 Å². The largest absolute Gasteiger partial charge is 0.352 e. The molecule has 0 aliphatic carbocycles. The summed E-state index contributed by atoms with van der Waals surface area (Å²) >= 11 is 0. The second-order valence-electron chi connectivity index (χ2n) is 5.74. The van der Waals surface area contributed by atoms with E-state index in [9.17, 15) is 9.59 Å². The Morgan fingerprint density at radius 1 is 1.04 bits per heavy atom. The summed E-state index contributed by atoms with van der Waals surface area (Å²) in [7, 11) is 5.80. The summed E-state index contributed by atoms with van der Waals surface area (Å²) in [6, 6.07) is 7.31. The Morgan fingerprint density at radius 2 is 1.74 bits per heavy atom. The van der Waals surface area contributed by atoms with Crippen LogP contribution in [0.1, 0.15) is 28.8 Å². The molecule has 0 saturated carbocycles. The van der Waals surface area contributed by atoms with Gasteiger partial charge in [-0.3, -0.25) is 9.59 Å². The molecular weight excluding hydrogens is 292 g/mol. The average molecular weight is 320 g/mol. The fourth-order valence-electron chi connectivity index (χ4n) is 1.98. The van der Waals surface area contributed by atoms with E-state index in [1.165, 1.54) is 0 Å². The van der Waals surface area contributed by atoms with Crippen molar-refractivity contribution in [1.29, 1.82) is 0 Å². The molecule has 0 bridgehead atoms. The minimum absolute atomic E-state index is 0.0470. The molecule has 0 unspecified atom stereocenters. The maximum absolute atomic E-state index is 11.9. The van der Waals surface area contributed by atoms with E-state index in [-0.39, 0.29) is 11.8 Å². The molecule has 6 heteroatoms. The highest BCUT2D eigenvalue weighted by Crippen LogP contribution is 2.04. The van der Waals surface area contributed by atoms with Crippen LogP contribution in [-0.4, -0.2) is 57.5 Å². The quantitative estimate of drug-likeness (QED) is 0.552. The van der Waals surface area contributed by atoms with E-state index >= 15 is 0 Å². The van der Waals surface area contributed by atoms with Crippen molar-refractivity contribution in [1.82, 2.24) is 20.9 Å². The number of hydrogen-bond acceptors (Lipinski definition) is 4. The van der Waals surface area contributed by atoms with Crippen LogP contribution in [-0.2, 0) is 11.3 Å². The zero-order chi connectivity index (χ0) is 17.1. The summed E-state index contributed by atoms with van der Waals surface area (Å²) in [6.45, 7) is 2.76. The molecular formula is C17H28N4O2. The second-order valence-corrected chi connectivity index (χ2v) is 5.74. The van der Waals surface area contributed by atoms with Gasteiger partial charge in [0.1, 0.15) is 0 Å². The lowest BCUT2D eigenvalue weighted by Crippen LogP contribution is -2.31. The average Bonchev–Trinajstić information content (AvgIpc) is 2.53. The van der Waals surface area contributed by atoms with Crippen LogP contribution in [0.3, 0.4) is 0 Å². The van der Waals surface area contributed by atoms with E-state index in [4.69, 9.17) is 0 Å². The highest BCUT2D eigenvalue weighted by Gasteiger charge is 2.05. The molecule has 1 rings (SSSR count). The highest BCUT2D eigenvalue weighted by atomic mass is 16.2. The van der Waals surface area contributed by atoms with Crippen LogP contribution in [0.5, 0.6) is 0 Å². The summed E-state index contributed by atoms with van der Waals surface area (Å²) in [6.07, 6.45) is 1.35. The van der Waals surface area contributed by atoms with Crippen molar-refractivity contribution in [2.45, 2.75) is 19.4 Å². The van der Waals surface area contributed by atoms with Gasteiger partial charge in [-0.15, -0.1) is 0 Å². The topological polar surface area (TPSA) is 73.5 Å². The summed E-state index contributed by atoms with van der Waals surface area (Å²) in [5, 5.41) is 8.77. The van der Waals surface area contributed by atoms with Gasteiger partial charge in [-0.2, -0.15) is 0 Å². The Balaban J connectivity index is 2.35. The van der Waals surface area contributed by atoms with Crippen LogP contribution in [0.2, 0.25) is 0 Å². The monoisotopic (exact) mass is 320 g/mol. The van der Waals surface area contributed by atoms with Crippen molar-refractivity contribution in [3.05, 3.63) is 35.4 Å². The summed E-state index contributed by atoms with van der Waals surface area (Å²) in [5.74, 6) is -0.0275. The number of likely N-dealkylation sites (N-methyl/N-ethyl adjacent to an activating group) is 1. The molecule has 1 aromatic carbocycles. The van der Waals surface area contributed by atoms with Gasteiger partial charge in [0.2, 0.25) is 5.91 Å². The van der Waals surface area contributed by atoms with Crippen LogP contribution in [0, 0.1) is 0 Å². The van der Waals surface area contributed by atoms with Crippen LogP contribution < -0.4 is 16.0 Å². The summed E-state index contributed by atoms with van der Waals surface area (Å²) in [4.78, 5) is 25.6. The van der Waals surface area contributed by atoms with Gasteiger partial charge in [-0.05, 0) is 51.8 Å². The molecule has 128 valence electrons. The number of hydrogen-bond donors (Lipinski definition) is 3. The van der Waals surface area contributed by atoms with Gasteiger partial charge in [-0.25, -0.2) is 0 Å². The number of benzene rings is 1. The molecule has 3 N–H and O–H groups in total. The molecule has 0 aromatic heterocycles. The third-order valence-electron chi connectivity index (χ3n) is 3.38. The second kappa shape index (κ2) is 10.7. The molecule has 23 heavy (non-hydrogen) atoms. The smallest absolute Gasteiger partial charge is 0.251 e. The van der Waals surface area contributed by atoms with Gasteiger partial charge in [0.05, 0.1) is 0 Å². The Bertz CT molecular complexity index is 486. The zero-order valence-electron chi connectivity index (χ0n) is 14.3. The number of nitrogens with zero attached hydrogens (tertiary/aromatic N) is 1. The van der Waals surface area contributed by atoms with Crippen molar-refractivity contribution in [3.63, 3.8) is 0 Å². The molecule has 0 heterocycles. The minimum atomic E-state index is -0.0745. The molecule has 6 nitrogen and oxygen atoms in total. The van der Waals surface area contributed by atoms with Crippen molar-refractivity contribution >= 4 is 11.8 Å². The Morgan fingerprint density at radius 3 is 2.35 bits per heavy atom. The first kappa shape index (κ1) is 19.1. The van der Waals surface area contributed by atoms with Gasteiger partial charge < -0.3 is 20.9 Å². The molecule has 0 fully saturated rings. The molecule has 1 aromatic rings. The number of carbonyl (C=O) groups excluding carboxylic acids is 2. The van der Waals surface area contributed by atoms with Crippen LogP contribution in [0.25, 0.3) is 0 Å². The lowest BCUT2D eigenvalue weighted by molar-refractivity contribution is -0.121. The van der Waals surface area contributed by atoms with Crippen molar-refractivity contribution < 1.29 is 9.59 Å². The summed E-state index contributed by atoms with van der Waals surface area (Å²) in [5.41, 5.74) is 1.62. The number of amides is 2. The summed E-state index contributed by atoms with van der Waals surface area (Å²) < 4.78 is 0. The maximum atomic E-state index is 11.9. The fourth-order valence-corrected chi connectivity index (χ4v) is 1.98. The lowest BCUT2D eigenvalue weighted by Gasteiger charge is -2.11. The molecule has 0 saturated heterocycles. The van der Waals surface area contributed by atoms with Crippen molar-refractivity contribution in [2.75, 3.05) is 40.8 Å². The molecule has 0 aliphatic heterocycles. The Kier molecular flexibility index (Phi) is 8.94. The van der Waals surface area contributed by atoms with E-state index in [0.717, 1.165) is 25.1 Å². The number of rotatable bonds is 10. The van der Waals surface area contributed by atoms with Crippen molar-refractivity contribution in [2.24, 2.45) is 0 Å². The Hall–Kier alpha value is -1.92. The normalized spacial score (nSPS) is 10.6. The molecule has 0 spiro atoms. The maximum Gasteiger partial charge on any atom is 0.251 e. The van der Waals surface area contributed by atoms with E-state index in [0.29, 0.717) is 25.1 Å². The standard InChI is InChI=1S/C17H28N4O2/c1-18-10-4-5-16(22)20-13-14-6-8-15(9-7-14)17(23)19-11-12-21(2)3/h6-9,18H,4-5,10-13H2,1-3H3,(H,19,23)(H,20,22). The zero-order valence-corrected chi connectivity index (χ0v) is 14.3. The number of nitrogens with one attached hydrogen (secondary N) is 3. The third-order valence-corrected chi connectivity index (χ3v) is 3.38. The van der Waals surface area contributed by atoms with E-state index < -0.39 is 0 Å². The van der Waals surface area contributed by atoms with E-state index in [2.05, 4.69) is 16.0 Å². The SMILES string of the molecule is CNCCCC(=O)NCc1ccc(C(=O)NCCN(C)C)cc1. The van der Waals surface area contributed by atoms with Crippen LogP contribution in [0.4, 0.5) is 0 Å². The molecule has 0 aliphatic rings. The minimum Gasteiger partial charge on any atom is -0.352 e. The first-order valence-electron chi connectivity index (χ1n) is 7.96. The third kappa shape index (κ3) is 8.32. The molecule has 0 radical (unpaired) electrons. The van der Waals surface area contributed by atoms with E-state index in [1.54, 1.807) is 12.1 Å². The molecule has 0 atom stereocenters. The fraction of sp³-hybridized carbons (Fsp3) is 0.529. The number of carbonyl (C=O) groups is 2. The van der Waals surface area contributed by atoms with Gasteiger partial charge in [-0.1, -0.05) is 12.1 Å². The highest BCUT2D eigenvalue weighted by molar-refractivity contribution is 5.94. The van der Waals surface area contributed by atoms with Crippen LogP contribution in [0.15, 0.2) is 24.3 Å². The predicted molar refractivity (Wildman–Crippen MR) is 92.3 cm³/mol. The first-order valence-corrected chi connectivity index (χ1v) is 7.96. The van der Waals surface area contributed by atoms with Gasteiger partial charge in [0, 0.05) is 31.6 Å². The van der Waals surface area contributed by atoms with Gasteiger partial charge >= 0.3 is 0 Å². The van der Waals surface area contributed by atoms with Crippen LogP contribution >= 0.6 is 0 Å². The van der Waals surface area contributed by atoms with Gasteiger partial charge in [0.25, 0.3) is 5.91 Å². The van der Waals surface area contributed by atoms with Crippen molar-refractivity contribution in [3.8, 4) is 0 Å². The lowest BCUT2D eigenvalue weighted by atomic mass is 10.1. The predicted octanol–water partition coefficient (Wildman–Crippen LogP) is 0.594.